The van der Waals surface area contributed by atoms with Crippen molar-refractivity contribution < 1.29 is 22.7 Å². The molecular formula is C28H30BrCl2N3O5S. The van der Waals surface area contributed by atoms with Crippen LogP contribution in [0.4, 0.5) is 5.69 Å². The van der Waals surface area contributed by atoms with Gasteiger partial charge in [-0.3, -0.25) is 13.9 Å². The molecule has 8 nitrogen and oxygen atoms in total. The summed E-state index contributed by atoms with van der Waals surface area (Å²) in [6.45, 7) is 5.46. The molecule has 0 fully saturated rings. The van der Waals surface area contributed by atoms with Gasteiger partial charge >= 0.3 is 0 Å². The number of ether oxygens (including phenoxy) is 1. The zero-order valence-electron chi connectivity index (χ0n) is 22.2. The third-order valence-electron chi connectivity index (χ3n) is 5.97. The van der Waals surface area contributed by atoms with Gasteiger partial charge in [0.1, 0.15) is 18.3 Å². The van der Waals surface area contributed by atoms with E-state index >= 15 is 0 Å². The predicted octanol–water partition coefficient (Wildman–Crippen LogP) is 5.90. The Balaban J connectivity index is 2.04. The van der Waals surface area contributed by atoms with Crippen LogP contribution in [0.1, 0.15) is 26.3 Å². The van der Waals surface area contributed by atoms with E-state index in [2.05, 4.69) is 21.2 Å². The number of sulfonamides is 1. The largest absolute Gasteiger partial charge is 0.494 e. The lowest BCUT2D eigenvalue weighted by Gasteiger charge is -2.32. The molecule has 0 saturated heterocycles. The standard InChI is InChI=1S/C28H30BrCl2N3O5S/c1-4-32-28(36)19(3)33(17-20-6-15-25(30)26(31)16-20)27(35)18-34(22-9-11-23(12-10-22)39-5-2)40(37,38)24-13-7-21(29)8-14-24/h6-16,19H,4-5,17-18H2,1-3H3,(H,32,36)/t19-/m1/s1. The molecule has 3 aromatic rings. The summed E-state index contributed by atoms with van der Waals surface area (Å²) >= 11 is 15.6. The number of likely N-dealkylation sites (N-methyl/N-ethyl adjacent to an activating group) is 1. The Labute approximate surface area is 253 Å². The maximum Gasteiger partial charge on any atom is 0.264 e. The molecule has 3 rings (SSSR count). The summed E-state index contributed by atoms with van der Waals surface area (Å²) < 4.78 is 34.9. The predicted molar refractivity (Wildman–Crippen MR) is 161 cm³/mol. The Kier molecular flexibility index (Phi) is 11.3. The third kappa shape index (κ3) is 7.90. The molecule has 1 N–H and O–H groups in total. The smallest absolute Gasteiger partial charge is 0.264 e. The maximum atomic E-state index is 13.9. The monoisotopic (exact) mass is 669 g/mol. The number of carbonyl (C=O) groups is 2. The minimum absolute atomic E-state index is 0.00344. The second kappa shape index (κ2) is 14.2. The van der Waals surface area contributed by atoms with Crippen molar-refractivity contribution >= 4 is 66.7 Å². The summed E-state index contributed by atoms with van der Waals surface area (Å²) in [5.74, 6) is -0.400. The maximum absolute atomic E-state index is 13.9. The van der Waals surface area contributed by atoms with Crippen molar-refractivity contribution in [3.8, 4) is 5.75 Å². The number of carbonyl (C=O) groups excluding carboxylic acids is 2. The summed E-state index contributed by atoms with van der Waals surface area (Å²) in [7, 11) is -4.18. The van der Waals surface area contributed by atoms with Gasteiger partial charge in [0, 0.05) is 17.6 Å². The van der Waals surface area contributed by atoms with Crippen molar-refractivity contribution in [1.82, 2.24) is 10.2 Å². The van der Waals surface area contributed by atoms with Crippen molar-refractivity contribution in [2.45, 2.75) is 38.3 Å². The highest BCUT2D eigenvalue weighted by molar-refractivity contribution is 9.10. The molecule has 0 aromatic heterocycles. The average Bonchev–Trinajstić information content (AvgIpc) is 2.93. The molecule has 0 saturated carbocycles. The number of hydrogen-bond acceptors (Lipinski definition) is 5. The molecule has 214 valence electrons. The highest BCUT2D eigenvalue weighted by Crippen LogP contribution is 2.28. The molecule has 0 spiro atoms. The Morgan fingerprint density at radius 2 is 1.62 bits per heavy atom. The lowest BCUT2D eigenvalue weighted by molar-refractivity contribution is -0.139. The highest BCUT2D eigenvalue weighted by Gasteiger charge is 2.32. The second-order valence-electron chi connectivity index (χ2n) is 8.73. The third-order valence-corrected chi connectivity index (χ3v) is 9.03. The molecule has 0 heterocycles. The zero-order chi connectivity index (χ0) is 29.4. The fourth-order valence-corrected chi connectivity index (χ4v) is 5.88. The van der Waals surface area contributed by atoms with Gasteiger partial charge in [0.25, 0.3) is 10.0 Å². The van der Waals surface area contributed by atoms with Crippen LogP contribution >= 0.6 is 39.1 Å². The Morgan fingerprint density at radius 1 is 0.975 bits per heavy atom. The molecular weight excluding hydrogens is 641 g/mol. The van der Waals surface area contributed by atoms with Crippen LogP contribution in [0.15, 0.2) is 76.1 Å². The van der Waals surface area contributed by atoms with E-state index in [1.807, 2.05) is 6.92 Å². The van der Waals surface area contributed by atoms with Crippen LogP contribution in [0, 0.1) is 0 Å². The molecule has 1 atom stereocenters. The molecule has 40 heavy (non-hydrogen) atoms. The van der Waals surface area contributed by atoms with E-state index in [4.69, 9.17) is 27.9 Å². The molecule has 0 bridgehead atoms. The van der Waals surface area contributed by atoms with Crippen LogP contribution in [-0.2, 0) is 26.2 Å². The van der Waals surface area contributed by atoms with Gasteiger partial charge in [0.2, 0.25) is 11.8 Å². The molecule has 12 heteroatoms. The van der Waals surface area contributed by atoms with Crippen LogP contribution in [0.25, 0.3) is 0 Å². The van der Waals surface area contributed by atoms with E-state index in [0.717, 1.165) is 4.31 Å². The van der Waals surface area contributed by atoms with Gasteiger partial charge in [-0.2, -0.15) is 0 Å². The number of anilines is 1. The number of halogens is 3. The summed E-state index contributed by atoms with van der Waals surface area (Å²) in [5.41, 5.74) is 0.891. The van der Waals surface area contributed by atoms with Crippen LogP contribution in [0.5, 0.6) is 5.75 Å². The van der Waals surface area contributed by atoms with E-state index < -0.39 is 28.5 Å². The first-order chi connectivity index (χ1) is 19.0. The van der Waals surface area contributed by atoms with Crippen molar-refractivity contribution in [1.29, 1.82) is 0 Å². The van der Waals surface area contributed by atoms with Gasteiger partial charge in [0.15, 0.2) is 0 Å². The molecule has 0 radical (unpaired) electrons. The van der Waals surface area contributed by atoms with Crippen LogP contribution in [0.2, 0.25) is 10.0 Å². The van der Waals surface area contributed by atoms with E-state index in [9.17, 15) is 18.0 Å². The summed E-state index contributed by atoms with van der Waals surface area (Å²) in [6, 6.07) is 16.6. The fourth-order valence-electron chi connectivity index (χ4n) is 3.88. The van der Waals surface area contributed by atoms with Crippen molar-refractivity contribution in [2.75, 3.05) is 24.0 Å². The minimum Gasteiger partial charge on any atom is -0.494 e. The van der Waals surface area contributed by atoms with E-state index in [-0.39, 0.29) is 23.0 Å². The lowest BCUT2D eigenvalue weighted by Crippen LogP contribution is -2.51. The summed E-state index contributed by atoms with van der Waals surface area (Å²) in [5, 5.41) is 3.37. The first-order valence-electron chi connectivity index (χ1n) is 12.5. The SMILES string of the molecule is CCNC(=O)[C@@H](C)N(Cc1ccc(Cl)c(Cl)c1)C(=O)CN(c1ccc(OCC)cc1)S(=O)(=O)c1ccc(Br)cc1. The minimum atomic E-state index is -4.18. The quantitative estimate of drug-likeness (QED) is 0.259. The Morgan fingerprint density at radius 3 is 2.20 bits per heavy atom. The summed E-state index contributed by atoms with van der Waals surface area (Å²) in [4.78, 5) is 28.0. The first kappa shape index (κ1) is 31.7. The van der Waals surface area contributed by atoms with Crippen LogP contribution in [-0.4, -0.2) is 50.9 Å². The number of hydrogen-bond donors (Lipinski definition) is 1. The fraction of sp³-hybridized carbons (Fsp3) is 0.286. The van der Waals surface area contributed by atoms with E-state index in [0.29, 0.717) is 39.0 Å². The van der Waals surface area contributed by atoms with Crippen LogP contribution < -0.4 is 14.4 Å². The second-order valence-corrected chi connectivity index (χ2v) is 12.3. The number of amides is 2. The van der Waals surface area contributed by atoms with Crippen LogP contribution in [0.3, 0.4) is 0 Å². The molecule has 2 amide bonds. The van der Waals surface area contributed by atoms with Crippen molar-refractivity contribution in [3.63, 3.8) is 0 Å². The highest BCUT2D eigenvalue weighted by atomic mass is 79.9. The normalized spacial score (nSPS) is 11.9. The van der Waals surface area contributed by atoms with Gasteiger partial charge in [-0.05, 0) is 87.0 Å². The van der Waals surface area contributed by atoms with Gasteiger partial charge in [-0.1, -0.05) is 45.2 Å². The molecule has 0 unspecified atom stereocenters. The number of rotatable bonds is 12. The number of benzene rings is 3. The van der Waals surface area contributed by atoms with Gasteiger partial charge in [0.05, 0.1) is 27.2 Å². The van der Waals surface area contributed by atoms with Gasteiger partial charge < -0.3 is 15.0 Å². The van der Waals surface area contributed by atoms with E-state index in [1.165, 1.54) is 17.0 Å². The zero-order valence-corrected chi connectivity index (χ0v) is 26.1. The topological polar surface area (TPSA) is 96.0 Å². The number of nitrogens with zero attached hydrogens (tertiary/aromatic N) is 2. The molecule has 0 aliphatic rings. The first-order valence-corrected chi connectivity index (χ1v) is 15.5. The van der Waals surface area contributed by atoms with Gasteiger partial charge in [-0.15, -0.1) is 0 Å². The van der Waals surface area contributed by atoms with E-state index in [1.54, 1.807) is 68.4 Å². The Bertz CT molecular complexity index is 1440. The Hall–Kier alpha value is -2.79. The lowest BCUT2D eigenvalue weighted by atomic mass is 10.1. The molecule has 0 aliphatic heterocycles. The molecule has 0 aliphatic carbocycles. The van der Waals surface area contributed by atoms with Crippen molar-refractivity contribution in [2.24, 2.45) is 0 Å². The summed E-state index contributed by atoms with van der Waals surface area (Å²) in [6.07, 6.45) is 0. The van der Waals surface area contributed by atoms with Crippen molar-refractivity contribution in [3.05, 3.63) is 86.8 Å². The number of nitrogens with one attached hydrogen (secondary N) is 1. The average molecular weight is 671 g/mol. The molecule has 3 aromatic carbocycles. The van der Waals surface area contributed by atoms with Gasteiger partial charge in [-0.25, -0.2) is 8.42 Å².